The van der Waals surface area contributed by atoms with Crippen LogP contribution in [0.1, 0.15) is 44.2 Å². The lowest BCUT2D eigenvalue weighted by Crippen LogP contribution is -2.11. The summed E-state index contributed by atoms with van der Waals surface area (Å²) >= 11 is 6.80. The van der Waals surface area contributed by atoms with Gasteiger partial charge in [0.05, 0.1) is 11.6 Å². The highest BCUT2D eigenvalue weighted by molar-refractivity contribution is 9.13. The first-order valence-electron chi connectivity index (χ1n) is 6.03. The van der Waals surface area contributed by atoms with E-state index in [2.05, 4.69) is 38.8 Å². The van der Waals surface area contributed by atoms with Gasteiger partial charge in [0.1, 0.15) is 0 Å². The molecular formula is C13H20Br2ClNO2. The monoisotopic (exact) mass is 415 g/mol. The number of rotatable bonds is 6. The number of halogens is 3. The zero-order valence-corrected chi connectivity index (χ0v) is 15.1. The van der Waals surface area contributed by atoms with E-state index >= 15 is 0 Å². The van der Waals surface area contributed by atoms with Gasteiger partial charge >= 0.3 is 0 Å². The summed E-state index contributed by atoms with van der Waals surface area (Å²) in [6.07, 6.45) is 4.38. The summed E-state index contributed by atoms with van der Waals surface area (Å²) in [6.45, 7) is 2.17. The van der Waals surface area contributed by atoms with Gasteiger partial charge < -0.3 is 15.6 Å². The van der Waals surface area contributed by atoms with Gasteiger partial charge in [0.25, 0.3) is 0 Å². The highest BCUT2D eigenvalue weighted by Gasteiger charge is 2.18. The van der Waals surface area contributed by atoms with Gasteiger partial charge in [-0.2, -0.15) is 0 Å². The number of nitrogens with two attached hydrogens (primary N) is 1. The maximum Gasteiger partial charge on any atom is 0.173 e. The number of benzene rings is 1. The van der Waals surface area contributed by atoms with Crippen LogP contribution in [0.15, 0.2) is 15.0 Å². The molecule has 1 rings (SSSR count). The molecule has 3 N–H and O–H groups in total. The fraction of sp³-hybridized carbons (Fsp3) is 0.538. The van der Waals surface area contributed by atoms with Crippen LogP contribution >= 0.6 is 44.3 Å². The van der Waals surface area contributed by atoms with Crippen LogP contribution in [-0.2, 0) is 0 Å². The molecule has 0 aromatic heterocycles. The summed E-state index contributed by atoms with van der Waals surface area (Å²) in [5, 5.41) is 9.86. The van der Waals surface area contributed by atoms with Gasteiger partial charge in [-0.05, 0) is 49.9 Å². The molecule has 3 nitrogen and oxygen atoms in total. The molecule has 110 valence electrons. The second-order valence-electron chi connectivity index (χ2n) is 4.25. The molecule has 0 spiro atoms. The average molecular weight is 418 g/mol. The molecule has 1 atom stereocenters. The molecule has 19 heavy (non-hydrogen) atoms. The molecule has 0 radical (unpaired) electrons. The molecule has 0 amide bonds. The Hall–Kier alpha value is 0.0300. The molecule has 0 bridgehead atoms. The summed E-state index contributed by atoms with van der Waals surface area (Å²) in [5.74, 6) is 0.528. The quantitative estimate of drug-likeness (QED) is 0.646. The predicted molar refractivity (Wildman–Crippen MR) is 88.4 cm³/mol. The molecule has 0 saturated carbocycles. The first-order chi connectivity index (χ1) is 8.52. The topological polar surface area (TPSA) is 55.5 Å². The third kappa shape index (κ3) is 4.81. The molecule has 6 heteroatoms. The van der Waals surface area contributed by atoms with Crippen LogP contribution in [0.2, 0.25) is 0 Å². The first-order valence-corrected chi connectivity index (χ1v) is 7.61. The third-order valence-electron chi connectivity index (χ3n) is 2.91. The molecule has 0 fully saturated rings. The second-order valence-corrected chi connectivity index (χ2v) is 5.83. The summed E-state index contributed by atoms with van der Waals surface area (Å²) in [7, 11) is 1.53. The van der Waals surface area contributed by atoms with Crippen LogP contribution in [0.4, 0.5) is 0 Å². The van der Waals surface area contributed by atoms with E-state index < -0.39 is 0 Å². The zero-order chi connectivity index (χ0) is 13.7. The van der Waals surface area contributed by atoms with Crippen LogP contribution < -0.4 is 10.5 Å². The van der Waals surface area contributed by atoms with Gasteiger partial charge in [0.2, 0.25) is 0 Å². The lowest BCUT2D eigenvalue weighted by molar-refractivity contribution is 0.370. The number of methoxy groups -OCH3 is 1. The van der Waals surface area contributed by atoms with Crippen molar-refractivity contribution in [2.75, 3.05) is 7.11 Å². The van der Waals surface area contributed by atoms with Gasteiger partial charge in [-0.3, -0.25) is 0 Å². The van der Waals surface area contributed by atoms with Crippen LogP contribution in [0, 0.1) is 0 Å². The van der Waals surface area contributed by atoms with Crippen molar-refractivity contribution in [1.29, 1.82) is 0 Å². The first kappa shape index (κ1) is 19.0. The molecule has 0 heterocycles. The Morgan fingerprint density at radius 1 is 1.32 bits per heavy atom. The molecule has 0 aliphatic rings. The van der Waals surface area contributed by atoms with Gasteiger partial charge in [0.15, 0.2) is 11.5 Å². The van der Waals surface area contributed by atoms with Crippen molar-refractivity contribution in [3.05, 3.63) is 20.6 Å². The van der Waals surface area contributed by atoms with E-state index in [1.165, 1.54) is 20.0 Å². The average Bonchev–Trinajstić information content (AvgIpc) is 2.36. The summed E-state index contributed by atoms with van der Waals surface area (Å²) in [4.78, 5) is 0. The Morgan fingerprint density at radius 3 is 2.47 bits per heavy atom. The smallest absolute Gasteiger partial charge is 0.173 e. The maximum absolute atomic E-state index is 9.86. The van der Waals surface area contributed by atoms with Crippen molar-refractivity contribution in [1.82, 2.24) is 0 Å². The minimum atomic E-state index is -0.0586. The summed E-state index contributed by atoms with van der Waals surface area (Å²) in [6, 6.07) is 1.73. The number of phenolic OH excluding ortho intramolecular Hbond substituents is 1. The van der Waals surface area contributed by atoms with Crippen LogP contribution in [0.25, 0.3) is 0 Å². The van der Waals surface area contributed by atoms with Gasteiger partial charge in [0, 0.05) is 10.5 Å². The third-order valence-corrected chi connectivity index (χ3v) is 5.07. The number of hydrogen-bond acceptors (Lipinski definition) is 3. The summed E-state index contributed by atoms with van der Waals surface area (Å²) < 4.78 is 6.52. The lowest BCUT2D eigenvalue weighted by Gasteiger charge is -2.17. The van der Waals surface area contributed by atoms with Crippen molar-refractivity contribution in [3.63, 3.8) is 0 Å². The van der Waals surface area contributed by atoms with Crippen LogP contribution in [0.5, 0.6) is 11.5 Å². The Labute approximate surface area is 137 Å². The predicted octanol–water partition coefficient (Wildman–Crippen LogP) is 4.93. The maximum atomic E-state index is 9.86. The van der Waals surface area contributed by atoms with E-state index in [4.69, 9.17) is 10.5 Å². The minimum Gasteiger partial charge on any atom is -0.503 e. The Balaban J connectivity index is 0.00000324. The second kappa shape index (κ2) is 9.06. The molecule has 0 saturated heterocycles. The number of hydrogen-bond donors (Lipinski definition) is 2. The van der Waals surface area contributed by atoms with E-state index in [1.807, 2.05) is 0 Å². The van der Waals surface area contributed by atoms with Gasteiger partial charge in [-0.25, -0.2) is 0 Å². The molecule has 0 unspecified atom stereocenters. The minimum absolute atomic E-state index is 0. The van der Waals surface area contributed by atoms with E-state index in [0.717, 1.165) is 22.9 Å². The largest absolute Gasteiger partial charge is 0.503 e. The molecule has 1 aromatic carbocycles. The normalized spacial score (nSPS) is 11.8. The zero-order valence-electron chi connectivity index (χ0n) is 11.1. The fourth-order valence-corrected chi connectivity index (χ4v) is 2.83. The molecular weight excluding hydrogens is 397 g/mol. The Morgan fingerprint density at radius 2 is 1.95 bits per heavy atom. The lowest BCUT2D eigenvalue weighted by atomic mass is 10.0. The van der Waals surface area contributed by atoms with Gasteiger partial charge in [-0.15, -0.1) is 12.4 Å². The standard InChI is InChI=1S/C13H19Br2NO2.ClH/c1-3-4-5-6-9(16)8-7-10(18-2)13(17)12(15)11(8)14;/h7,9,17H,3-6,16H2,1-2H3;1H/t9-;/m0./s1. The Kier molecular flexibility index (Phi) is 9.07. The SMILES string of the molecule is CCCCC[C@H](N)c1cc(OC)c(O)c(Br)c1Br.Cl. The Bertz CT molecular complexity index is 416. The number of unbranched alkanes of at least 4 members (excludes halogenated alkanes) is 2. The van der Waals surface area contributed by atoms with E-state index in [1.54, 1.807) is 6.07 Å². The van der Waals surface area contributed by atoms with Crippen LogP contribution in [0.3, 0.4) is 0 Å². The summed E-state index contributed by atoms with van der Waals surface area (Å²) in [5.41, 5.74) is 7.14. The molecule has 1 aromatic rings. The van der Waals surface area contributed by atoms with Crippen molar-refractivity contribution >= 4 is 44.3 Å². The van der Waals surface area contributed by atoms with Crippen molar-refractivity contribution in [3.8, 4) is 11.5 Å². The molecule has 0 aliphatic carbocycles. The molecule has 0 aliphatic heterocycles. The van der Waals surface area contributed by atoms with Crippen LogP contribution in [-0.4, -0.2) is 12.2 Å². The van der Waals surface area contributed by atoms with Crippen molar-refractivity contribution < 1.29 is 9.84 Å². The number of aromatic hydroxyl groups is 1. The number of ether oxygens (including phenoxy) is 1. The highest BCUT2D eigenvalue weighted by Crippen LogP contribution is 2.43. The van der Waals surface area contributed by atoms with E-state index in [-0.39, 0.29) is 24.2 Å². The number of phenols is 1. The van der Waals surface area contributed by atoms with Crippen molar-refractivity contribution in [2.24, 2.45) is 5.73 Å². The fourth-order valence-electron chi connectivity index (χ4n) is 1.81. The van der Waals surface area contributed by atoms with E-state index in [0.29, 0.717) is 10.2 Å². The van der Waals surface area contributed by atoms with Gasteiger partial charge in [-0.1, -0.05) is 26.2 Å². The van der Waals surface area contributed by atoms with E-state index in [9.17, 15) is 5.11 Å². The highest BCUT2D eigenvalue weighted by atomic mass is 79.9. The van der Waals surface area contributed by atoms with Crippen molar-refractivity contribution in [2.45, 2.75) is 38.6 Å².